The first-order valence-electron chi connectivity index (χ1n) is 14.0. The standard InChI is InChI=1S/C30H40FN3O6S/c1-19(2)26-24(27(20-11-13-22(31)14-12-20)33-28(32-26)34(5)41(6,37)38)16-15-23-17-30(18-25(35)36,21-9-7-8-10-21)40-29(3,4)39-23/h11-16,19,21,23H,7-10,17-18H2,1-6H3,(H,35,36). The van der Waals surface area contributed by atoms with Crippen LogP contribution in [0.1, 0.15) is 83.4 Å². The summed E-state index contributed by atoms with van der Waals surface area (Å²) < 4.78 is 52.2. The first kappa shape index (κ1) is 31.1. The highest BCUT2D eigenvalue weighted by Gasteiger charge is 2.51. The van der Waals surface area contributed by atoms with Gasteiger partial charge in [0.15, 0.2) is 5.79 Å². The van der Waals surface area contributed by atoms with Crippen LogP contribution in [0.5, 0.6) is 0 Å². The molecule has 224 valence electrons. The summed E-state index contributed by atoms with van der Waals surface area (Å²) in [6.07, 6.45) is 8.53. The van der Waals surface area contributed by atoms with Gasteiger partial charge in [-0.2, -0.15) is 0 Å². The lowest BCUT2D eigenvalue weighted by molar-refractivity contribution is -0.337. The minimum absolute atomic E-state index is 0.0119. The highest BCUT2D eigenvalue weighted by molar-refractivity contribution is 7.92. The van der Waals surface area contributed by atoms with Crippen molar-refractivity contribution in [3.63, 3.8) is 0 Å². The lowest BCUT2D eigenvalue weighted by Crippen LogP contribution is -2.56. The number of hydrogen-bond donors (Lipinski definition) is 1. The molecule has 4 rings (SSSR count). The summed E-state index contributed by atoms with van der Waals surface area (Å²) in [5.41, 5.74) is 1.44. The smallest absolute Gasteiger partial charge is 0.306 e. The van der Waals surface area contributed by atoms with E-state index < -0.39 is 39.3 Å². The van der Waals surface area contributed by atoms with Crippen molar-refractivity contribution in [2.75, 3.05) is 17.6 Å². The fraction of sp³-hybridized carbons (Fsp3) is 0.567. The highest BCUT2D eigenvalue weighted by Crippen LogP contribution is 2.47. The molecule has 1 aromatic heterocycles. The molecule has 11 heteroatoms. The van der Waals surface area contributed by atoms with Gasteiger partial charge in [0.05, 0.1) is 35.8 Å². The van der Waals surface area contributed by atoms with Gasteiger partial charge in [-0.1, -0.05) is 38.8 Å². The molecule has 9 nitrogen and oxygen atoms in total. The molecule has 41 heavy (non-hydrogen) atoms. The molecule has 1 aliphatic heterocycles. The van der Waals surface area contributed by atoms with E-state index in [1.165, 1.54) is 19.2 Å². The number of carbonyl (C=O) groups is 1. The van der Waals surface area contributed by atoms with Crippen LogP contribution in [0.15, 0.2) is 30.3 Å². The van der Waals surface area contributed by atoms with Crippen LogP contribution in [0.4, 0.5) is 10.3 Å². The Morgan fingerprint density at radius 2 is 1.83 bits per heavy atom. The first-order valence-corrected chi connectivity index (χ1v) is 15.8. The van der Waals surface area contributed by atoms with Crippen LogP contribution in [0.2, 0.25) is 0 Å². The molecule has 2 aliphatic rings. The van der Waals surface area contributed by atoms with Gasteiger partial charge in [0.25, 0.3) is 0 Å². The van der Waals surface area contributed by atoms with E-state index in [9.17, 15) is 22.7 Å². The van der Waals surface area contributed by atoms with Crippen molar-refractivity contribution < 1.29 is 32.2 Å². The number of nitrogens with zero attached hydrogens (tertiary/aromatic N) is 3. The van der Waals surface area contributed by atoms with E-state index in [1.54, 1.807) is 26.0 Å². The summed E-state index contributed by atoms with van der Waals surface area (Å²) in [6, 6.07) is 5.84. The second-order valence-electron chi connectivity index (χ2n) is 11.9. The van der Waals surface area contributed by atoms with Crippen molar-refractivity contribution >= 4 is 28.0 Å². The van der Waals surface area contributed by atoms with E-state index in [4.69, 9.17) is 9.47 Å². The number of sulfonamides is 1. The average molecular weight is 590 g/mol. The van der Waals surface area contributed by atoms with E-state index in [-0.39, 0.29) is 24.2 Å². The molecule has 0 spiro atoms. The highest BCUT2D eigenvalue weighted by atomic mass is 32.2. The van der Waals surface area contributed by atoms with Gasteiger partial charge in [-0.05, 0) is 62.8 Å². The van der Waals surface area contributed by atoms with Crippen molar-refractivity contribution in [2.24, 2.45) is 5.92 Å². The van der Waals surface area contributed by atoms with Crippen LogP contribution >= 0.6 is 0 Å². The molecule has 0 amide bonds. The number of carboxylic acids is 1. The molecule has 2 atom stereocenters. The fourth-order valence-corrected chi connectivity index (χ4v) is 6.40. The lowest BCUT2D eigenvalue weighted by atomic mass is 9.77. The van der Waals surface area contributed by atoms with Gasteiger partial charge < -0.3 is 14.6 Å². The Labute approximate surface area is 241 Å². The Bertz CT molecular complexity index is 1400. The zero-order valence-corrected chi connectivity index (χ0v) is 25.4. The molecule has 1 saturated carbocycles. The van der Waals surface area contributed by atoms with Crippen molar-refractivity contribution in [1.82, 2.24) is 9.97 Å². The number of halogens is 1. The molecule has 1 N–H and O–H groups in total. The third-order valence-electron chi connectivity index (χ3n) is 7.87. The molecule has 0 radical (unpaired) electrons. The van der Waals surface area contributed by atoms with Crippen LogP contribution in [0.3, 0.4) is 0 Å². The Hall–Kier alpha value is -2.89. The number of rotatable bonds is 9. The zero-order valence-electron chi connectivity index (χ0n) is 24.6. The number of aliphatic carboxylic acids is 1. The Morgan fingerprint density at radius 3 is 2.39 bits per heavy atom. The van der Waals surface area contributed by atoms with Crippen LogP contribution in [0.25, 0.3) is 17.3 Å². The zero-order chi connectivity index (χ0) is 30.2. The van der Waals surface area contributed by atoms with Gasteiger partial charge in [0, 0.05) is 24.6 Å². The molecule has 2 fully saturated rings. The molecule has 2 aromatic rings. The van der Waals surface area contributed by atoms with Crippen molar-refractivity contribution in [1.29, 1.82) is 0 Å². The van der Waals surface area contributed by atoms with Crippen LogP contribution in [0, 0.1) is 11.7 Å². The summed E-state index contributed by atoms with van der Waals surface area (Å²) in [5, 5.41) is 9.83. The minimum Gasteiger partial charge on any atom is -0.481 e. The normalized spacial score (nSPS) is 23.4. The maximum atomic E-state index is 13.8. The van der Waals surface area contributed by atoms with E-state index in [0.717, 1.165) is 36.2 Å². The maximum Gasteiger partial charge on any atom is 0.306 e. The first-order chi connectivity index (χ1) is 19.1. The molecular formula is C30H40FN3O6S. The molecule has 2 heterocycles. The second-order valence-corrected chi connectivity index (χ2v) is 13.9. The van der Waals surface area contributed by atoms with Gasteiger partial charge in [-0.15, -0.1) is 0 Å². The predicted molar refractivity (Wildman–Crippen MR) is 155 cm³/mol. The quantitative estimate of drug-likeness (QED) is 0.392. The van der Waals surface area contributed by atoms with Crippen LogP contribution in [-0.4, -0.2) is 60.3 Å². The van der Waals surface area contributed by atoms with Gasteiger partial charge in [0.2, 0.25) is 16.0 Å². The summed E-state index contributed by atoms with van der Waals surface area (Å²) in [6.45, 7) is 7.51. The topological polar surface area (TPSA) is 119 Å². The van der Waals surface area contributed by atoms with Gasteiger partial charge in [-0.25, -0.2) is 27.1 Å². The predicted octanol–water partition coefficient (Wildman–Crippen LogP) is 5.76. The van der Waals surface area contributed by atoms with E-state index in [0.29, 0.717) is 28.9 Å². The Balaban J connectivity index is 1.83. The SMILES string of the molecule is CC(C)c1nc(N(C)S(C)(=O)=O)nc(-c2ccc(F)cc2)c1C=CC1CC(CC(=O)O)(C2CCCC2)OC(C)(C)O1. The van der Waals surface area contributed by atoms with E-state index in [1.807, 2.05) is 26.0 Å². The number of hydrogen-bond acceptors (Lipinski definition) is 7. The third kappa shape index (κ3) is 7.13. The Morgan fingerprint density at radius 1 is 1.20 bits per heavy atom. The summed E-state index contributed by atoms with van der Waals surface area (Å²) >= 11 is 0. The monoisotopic (exact) mass is 589 g/mol. The third-order valence-corrected chi connectivity index (χ3v) is 9.02. The van der Waals surface area contributed by atoms with Crippen molar-refractivity contribution in [2.45, 2.75) is 89.6 Å². The lowest BCUT2D eigenvalue weighted by Gasteiger charge is -2.50. The summed E-state index contributed by atoms with van der Waals surface area (Å²) in [5.74, 6) is -2.30. The minimum atomic E-state index is -3.64. The number of anilines is 1. The van der Waals surface area contributed by atoms with Gasteiger partial charge >= 0.3 is 5.97 Å². The van der Waals surface area contributed by atoms with E-state index >= 15 is 0 Å². The fourth-order valence-electron chi connectivity index (χ4n) is 6.02. The van der Waals surface area contributed by atoms with Gasteiger partial charge in [-0.3, -0.25) is 4.79 Å². The second kappa shape index (κ2) is 11.8. The molecule has 0 bridgehead atoms. The van der Waals surface area contributed by atoms with Gasteiger partial charge in [0.1, 0.15) is 5.82 Å². The maximum absolute atomic E-state index is 13.8. The van der Waals surface area contributed by atoms with Crippen LogP contribution < -0.4 is 4.31 Å². The molecular weight excluding hydrogens is 549 g/mol. The van der Waals surface area contributed by atoms with Crippen molar-refractivity contribution in [3.05, 3.63) is 47.4 Å². The number of benzene rings is 1. The largest absolute Gasteiger partial charge is 0.481 e. The van der Waals surface area contributed by atoms with Crippen molar-refractivity contribution in [3.8, 4) is 11.3 Å². The molecule has 1 aliphatic carbocycles. The molecule has 1 saturated heterocycles. The van der Waals surface area contributed by atoms with E-state index in [2.05, 4.69) is 9.97 Å². The average Bonchev–Trinajstić information content (AvgIpc) is 3.41. The number of aromatic nitrogens is 2. The Kier molecular flexibility index (Phi) is 8.92. The summed E-state index contributed by atoms with van der Waals surface area (Å²) in [7, 11) is -2.25. The summed E-state index contributed by atoms with van der Waals surface area (Å²) in [4.78, 5) is 21.3. The van der Waals surface area contributed by atoms with Crippen LogP contribution in [-0.2, 0) is 24.3 Å². The number of carboxylic acid groups (broad SMARTS) is 1. The molecule has 1 aromatic carbocycles. The molecule has 2 unspecified atom stereocenters. The number of ether oxygens (including phenoxy) is 2.